The third-order valence-corrected chi connectivity index (χ3v) is 1.81. The van der Waals surface area contributed by atoms with E-state index in [1.165, 1.54) is 0 Å². The quantitative estimate of drug-likeness (QED) is 0.604. The largest absolute Gasteiger partial charge is 0.481 e. The highest BCUT2D eigenvalue weighted by Gasteiger charge is 2.26. The molecule has 15 heavy (non-hydrogen) atoms. The van der Waals surface area contributed by atoms with Crippen molar-refractivity contribution in [3.63, 3.8) is 0 Å². The number of carboxylic acid groups (broad SMARTS) is 1. The van der Waals surface area contributed by atoms with Gasteiger partial charge in [0.25, 0.3) is 6.43 Å². The van der Waals surface area contributed by atoms with E-state index >= 15 is 0 Å². The molecule has 0 atom stereocenters. The summed E-state index contributed by atoms with van der Waals surface area (Å²) in [6.07, 6.45) is -2.46. The van der Waals surface area contributed by atoms with Crippen LogP contribution in [0.4, 0.5) is 8.78 Å². The summed E-state index contributed by atoms with van der Waals surface area (Å²) in [6.45, 7) is 3.39. The van der Waals surface area contributed by atoms with E-state index in [2.05, 4.69) is 10.1 Å². The molecule has 0 heterocycles. The lowest BCUT2D eigenvalue weighted by molar-refractivity contribution is -0.146. The van der Waals surface area contributed by atoms with Crippen molar-refractivity contribution in [2.75, 3.05) is 26.3 Å². The molecular weight excluding hydrogens is 208 g/mol. The summed E-state index contributed by atoms with van der Waals surface area (Å²) >= 11 is 0. The van der Waals surface area contributed by atoms with E-state index in [9.17, 15) is 13.6 Å². The van der Waals surface area contributed by atoms with E-state index in [0.717, 1.165) is 0 Å². The number of carbonyl (C=O) groups is 1. The van der Waals surface area contributed by atoms with Gasteiger partial charge in [0.1, 0.15) is 6.61 Å². The molecule has 0 spiro atoms. The lowest BCUT2D eigenvalue weighted by Gasteiger charge is -2.19. The number of alkyl halides is 2. The molecule has 0 amide bonds. The molecule has 0 radical (unpaired) electrons. The molecule has 2 N–H and O–H groups in total. The van der Waals surface area contributed by atoms with Gasteiger partial charge in [-0.2, -0.15) is 0 Å². The van der Waals surface area contributed by atoms with Gasteiger partial charge in [0.2, 0.25) is 0 Å². The molecule has 4 nitrogen and oxygen atoms in total. The van der Waals surface area contributed by atoms with Crippen molar-refractivity contribution in [1.82, 2.24) is 5.32 Å². The van der Waals surface area contributed by atoms with Gasteiger partial charge in [-0.3, -0.25) is 4.79 Å². The highest BCUT2D eigenvalue weighted by atomic mass is 19.3. The monoisotopic (exact) mass is 225 g/mol. The van der Waals surface area contributed by atoms with Gasteiger partial charge in [0, 0.05) is 13.1 Å². The highest BCUT2D eigenvalue weighted by Crippen LogP contribution is 2.12. The fraction of sp³-hybridized carbons (Fsp3) is 0.889. The van der Waals surface area contributed by atoms with E-state index in [0.29, 0.717) is 6.54 Å². The summed E-state index contributed by atoms with van der Waals surface area (Å²) < 4.78 is 27.8. The second-order valence-electron chi connectivity index (χ2n) is 3.83. The average molecular weight is 225 g/mol. The Morgan fingerprint density at radius 2 is 2.13 bits per heavy atom. The second-order valence-corrected chi connectivity index (χ2v) is 3.83. The Balaban J connectivity index is 3.43. The first-order valence-electron chi connectivity index (χ1n) is 4.66. The number of halogens is 2. The number of hydrogen-bond donors (Lipinski definition) is 2. The Morgan fingerprint density at radius 1 is 1.53 bits per heavy atom. The first kappa shape index (κ1) is 14.2. The summed E-state index contributed by atoms with van der Waals surface area (Å²) in [5.74, 6) is -0.900. The molecule has 0 fully saturated rings. The van der Waals surface area contributed by atoms with E-state index in [1.807, 2.05) is 0 Å². The molecule has 0 aromatic carbocycles. The van der Waals surface area contributed by atoms with Crippen molar-refractivity contribution in [3.8, 4) is 0 Å². The van der Waals surface area contributed by atoms with Crippen LogP contribution >= 0.6 is 0 Å². The maximum absolute atomic E-state index is 11.6. The minimum atomic E-state index is -2.46. The zero-order valence-corrected chi connectivity index (χ0v) is 8.93. The van der Waals surface area contributed by atoms with E-state index in [-0.39, 0.29) is 13.2 Å². The van der Waals surface area contributed by atoms with Gasteiger partial charge in [-0.15, -0.1) is 0 Å². The minimum Gasteiger partial charge on any atom is -0.481 e. The van der Waals surface area contributed by atoms with Crippen molar-refractivity contribution in [3.05, 3.63) is 0 Å². The number of carboxylic acids is 1. The van der Waals surface area contributed by atoms with Gasteiger partial charge in [0.05, 0.1) is 12.0 Å². The Kier molecular flexibility index (Phi) is 6.35. The molecule has 0 aliphatic carbocycles. The molecule has 6 heteroatoms. The molecule has 0 aliphatic rings. The molecular formula is C9H17F2NO3. The molecule has 90 valence electrons. The van der Waals surface area contributed by atoms with Gasteiger partial charge in [0.15, 0.2) is 0 Å². The molecule has 0 saturated heterocycles. The molecule has 0 aliphatic heterocycles. The zero-order chi connectivity index (χ0) is 11.9. The zero-order valence-electron chi connectivity index (χ0n) is 8.93. The topological polar surface area (TPSA) is 58.6 Å². The molecule has 0 rings (SSSR count). The number of hydrogen-bond acceptors (Lipinski definition) is 3. The Morgan fingerprint density at radius 3 is 2.60 bits per heavy atom. The Hall–Kier alpha value is -0.750. The third-order valence-electron chi connectivity index (χ3n) is 1.81. The lowest BCUT2D eigenvalue weighted by Crippen LogP contribution is -2.37. The van der Waals surface area contributed by atoms with Crippen molar-refractivity contribution in [2.45, 2.75) is 20.3 Å². The first-order chi connectivity index (χ1) is 6.86. The van der Waals surface area contributed by atoms with Crippen molar-refractivity contribution >= 4 is 5.97 Å². The van der Waals surface area contributed by atoms with Crippen LogP contribution in [0.5, 0.6) is 0 Å². The number of aliphatic carboxylic acids is 1. The van der Waals surface area contributed by atoms with Gasteiger partial charge < -0.3 is 15.2 Å². The van der Waals surface area contributed by atoms with Crippen LogP contribution in [0.15, 0.2) is 0 Å². The summed E-state index contributed by atoms with van der Waals surface area (Å²) in [7, 11) is 0. The van der Waals surface area contributed by atoms with Crippen LogP contribution in [0.2, 0.25) is 0 Å². The normalized spacial score (nSPS) is 12.1. The number of ether oxygens (including phenoxy) is 1. The minimum absolute atomic E-state index is 0.153. The van der Waals surface area contributed by atoms with Crippen LogP contribution in [0.1, 0.15) is 13.8 Å². The fourth-order valence-electron chi connectivity index (χ4n) is 0.793. The third kappa shape index (κ3) is 7.21. The van der Waals surface area contributed by atoms with Gasteiger partial charge in [-0.25, -0.2) is 8.78 Å². The van der Waals surface area contributed by atoms with Crippen LogP contribution in [0.25, 0.3) is 0 Å². The molecule has 0 aromatic rings. The summed E-state index contributed by atoms with van der Waals surface area (Å²) in [5, 5.41) is 11.6. The standard InChI is InChI=1S/C9H17F2NO3/c1-9(2,8(13)14)6-12-3-4-15-5-7(10)11/h7,12H,3-6H2,1-2H3,(H,13,14). The molecule has 0 aromatic heterocycles. The van der Waals surface area contributed by atoms with Crippen LogP contribution < -0.4 is 5.32 Å². The van der Waals surface area contributed by atoms with Crippen molar-refractivity contribution in [1.29, 1.82) is 0 Å². The smallest absolute Gasteiger partial charge is 0.310 e. The SMILES string of the molecule is CC(C)(CNCCOCC(F)F)C(=O)O. The van der Waals surface area contributed by atoms with Crippen LogP contribution in [-0.4, -0.2) is 43.8 Å². The Labute approximate surface area is 87.6 Å². The molecule has 0 bridgehead atoms. The number of rotatable bonds is 8. The van der Waals surface area contributed by atoms with Crippen LogP contribution in [-0.2, 0) is 9.53 Å². The molecule has 0 saturated carbocycles. The lowest BCUT2D eigenvalue weighted by atomic mass is 9.94. The van der Waals surface area contributed by atoms with Crippen molar-refractivity contribution < 1.29 is 23.4 Å². The molecule has 0 unspecified atom stereocenters. The summed E-state index contributed by atoms with van der Waals surface area (Å²) in [5.41, 5.74) is -0.858. The first-order valence-corrected chi connectivity index (χ1v) is 4.66. The fourth-order valence-corrected chi connectivity index (χ4v) is 0.793. The van der Waals surface area contributed by atoms with E-state index in [1.54, 1.807) is 13.8 Å². The van der Waals surface area contributed by atoms with Crippen molar-refractivity contribution in [2.24, 2.45) is 5.41 Å². The summed E-state index contributed by atoms with van der Waals surface area (Å²) in [4.78, 5) is 10.7. The summed E-state index contributed by atoms with van der Waals surface area (Å²) in [6, 6.07) is 0. The second kappa shape index (κ2) is 6.68. The van der Waals surface area contributed by atoms with E-state index < -0.39 is 24.4 Å². The Bertz CT molecular complexity index is 198. The maximum atomic E-state index is 11.6. The van der Waals surface area contributed by atoms with Gasteiger partial charge >= 0.3 is 5.97 Å². The van der Waals surface area contributed by atoms with Crippen LogP contribution in [0, 0.1) is 5.41 Å². The van der Waals surface area contributed by atoms with Gasteiger partial charge in [-0.1, -0.05) is 0 Å². The predicted molar refractivity (Wildman–Crippen MR) is 51.1 cm³/mol. The van der Waals surface area contributed by atoms with E-state index in [4.69, 9.17) is 5.11 Å². The highest BCUT2D eigenvalue weighted by molar-refractivity contribution is 5.73. The predicted octanol–water partition coefficient (Wildman–Crippen LogP) is 0.968. The number of nitrogens with one attached hydrogen (secondary N) is 1. The maximum Gasteiger partial charge on any atom is 0.310 e. The van der Waals surface area contributed by atoms with Gasteiger partial charge in [-0.05, 0) is 13.8 Å². The average Bonchev–Trinajstić information content (AvgIpc) is 2.10. The van der Waals surface area contributed by atoms with Crippen LogP contribution in [0.3, 0.4) is 0 Å².